The summed E-state index contributed by atoms with van der Waals surface area (Å²) in [6.45, 7) is 5.55. The maximum atomic E-state index is 12.1. The molecule has 0 saturated carbocycles. The fraction of sp³-hybridized carbons (Fsp3) is 0.545. The Balaban J connectivity index is 2.92. The molecule has 0 unspecified atom stereocenters. The van der Waals surface area contributed by atoms with Gasteiger partial charge in [0, 0.05) is 38.4 Å². The fourth-order valence-electron chi connectivity index (χ4n) is 1.61. The Kier molecular flexibility index (Phi) is 5.16. The molecule has 100 valence electrons. The van der Waals surface area contributed by atoms with E-state index in [0.29, 0.717) is 31.9 Å². The first kappa shape index (κ1) is 14.0. The van der Waals surface area contributed by atoms with Gasteiger partial charge in [0.25, 0.3) is 5.56 Å². The molecular weight excluding hydrogens is 234 g/mol. The summed E-state index contributed by atoms with van der Waals surface area (Å²) in [6.07, 6.45) is 3.64. The van der Waals surface area contributed by atoms with Crippen LogP contribution in [0.25, 0.3) is 0 Å². The summed E-state index contributed by atoms with van der Waals surface area (Å²) >= 11 is 0. The summed E-state index contributed by atoms with van der Waals surface area (Å²) in [4.78, 5) is 18.0. The van der Waals surface area contributed by atoms with E-state index >= 15 is 0 Å². The molecule has 0 spiro atoms. The maximum absolute atomic E-state index is 12.1. The third kappa shape index (κ3) is 3.22. The van der Waals surface area contributed by atoms with Crippen LogP contribution in [0.3, 0.4) is 0 Å². The molecule has 1 heterocycles. The van der Waals surface area contributed by atoms with Gasteiger partial charge in [0.15, 0.2) is 5.82 Å². The van der Waals surface area contributed by atoms with Crippen molar-refractivity contribution in [2.75, 3.05) is 18.0 Å². The summed E-state index contributed by atoms with van der Waals surface area (Å²) in [5.41, 5.74) is 5.29. The zero-order valence-electron chi connectivity index (χ0n) is 10.7. The van der Waals surface area contributed by atoms with Crippen molar-refractivity contribution in [2.24, 2.45) is 10.9 Å². The van der Waals surface area contributed by atoms with E-state index in [9.17, 15) is 4.79 Å². The normalized spacial score (nSPS) is 11.6. The molecule has 0 saturated heterocycles. The summed E-state index contributed by atoms with van der Waals surface area (Å²) < 4.78 is 1.59. The molecule has 0 fully saturated rings. The van der Waals surface area contributed by atoms with E-state index in [1.807, 2.05) is 18.7 Å². The van der Waals surface area contributed by atoms with Gasteiger partial charge in [0.1, 0.15) is 5.84 Å². The minimum absolute atomic E-state index is 0.124. The number of hydrogen-bond donors (Lipinski definition) is 2. The predicted octanol–water partition coefficient (Wildman–Crippen LogP) is 0.226. The van der Waals surface area contributed by atoms with Crippen molar-refractivity contribution >= 4 is 11.7 Å². The number of aryl methyl sites for hydroxylation is 1. The number of aromatic nitrogens is 2. The summed E-state index contributed by atoms with van der Waals surface area (Å²) in [6, 6.07) is 0. The Labute approximate surface area is 106 Å². The van der Waals surface area contributed by atoms with Crippen LogP contribution in [0, 0.1) is 0 Å². The van der Waals surface area contributed by atoms with Crippen molar-refractivity contribution in [1.82, 2.24) is 9.55 Å². The van der Waals surface area contributed by atoms with E-state index in [0.717, 1.165) is 0 Å². The average molecular weight is 253 g/mol. The SMILES string of the molecule is CCN(CC/C(N)=N/O)c1nccn(CC)c1=O. The van der Waals surface area contributed by atoms with Crippen LogP contribution in [-0.4, -0.2) is 33.7 Å². The van der Waals surface area contributed by atoms with Crippen LogP contribution >= 0.6 is 0 Å². The largest absolute Gasteiger partial charge is 0.409 e. The molecule has 0 atom stereocenters. The van der Waals surface area contributed by atoms with E-state index < -0.39 is 0 Å². The molecule has 0 aliphatic rings. The molecule has 7 nitrogen and oxygen atoms in total. The van der Waals surface area contributed by atoms with Gasteiger partial charge in [-0.25, -0.2) is 4.98 Å². The number of hydrogen-bond acceptors (Lipinski definition) is 5. The van der Waals surface area contributed by atoms with Crippen LogP contribution in [0.5, 0.6) is 0 Å². The smallest absolute Gasteiger partial charge is 0.293 e. The van der Waals surface area contributed by atoms with Crippen molar-refractivity contribution in [3.8, 4) is 0 Å². The number of anilines is 1. The molecule has 0 aromatic carbocycles. The Morgan fingerprint density at radius 1 is 1.61 bits per heavy atom. The van der Waals surface area contributed by atoms with Crippen molar-refractivity contribution in [3.63, 3.8) is 0 Å². The van der Waals surface area contributed by atoms with Crippen LogP contribution in [0.4, 0.5) is 5.82 Å². The van der Waals surface area contributed by atoms with Crippen molar-refractivity contribution in [2.45, 2.75) is 26.8 Å². The first-order chi connectivity index (χ1) is 8.63. The Morgan fingerprint density at radius 2 is 2.33 bits per heavy atom. The molecule has 1 aromatic heterocycles. The van der Waals surface area contributed by atoms with Gasteiger partial charge in [-0.3, -0.25) is 4.79 Å². The second-order valence-electron chi connectivity index (χ2n) is 3.76. The molecule has 1 rings (SSSR count). The zero-order chi connectivity index (χ0) is 13.5. The predicted molar refractivity (Wildman–Crippen MR) is 70.1 cm³/mol. The van der Waals surface area contributed by atoms with E-state index in [1.54, 1.807) is 17.0 Å². The first-order valence-corrected chi connectivity index (χ1v) is 5.90. The number of nitrogens with zero attached hydrogens (tertiary/aromatic N) is 4. The lowest BCUT2D eigenvalue weighted by Gasteiger charge is -2.21. The van der Waals surface area contributed by atoms with E-state index in [4.69, 9.17) is 10.9 Å². The monoisotopic (exact) mass is 253 g/mol. The first-order valence-electron chi connectivity index (χ1n) is 5.90. The van der Waals surface area contributed by atoms with Gasteiger partial charge in [-0.05, 0) is 13.8 Å². The van der Waals surface area contributed by atoms with E-state index in [-0.39, 0.29) is 11.4 Å². The number of nitrogens with two attached hydrogens (primary N) is 1. The molecule has 0 aliphatic heterocycles. The quantitative estimate of drug-likeness (QED) is 0.327. The number of oxime groups is 1. The topological polar surface area (TPSA) is 96.7 Å². The highest BCUT2D eigenvalue weighted by atomic mass is 16.4. The van der Waals surface area contributed by atoms with E-state index in [2.05, 4.69) is 10.1 Å². The van der Waals surface area contributed by atoms with Gasteiger partial charge in [0.2, 0.25) is 0 Å². The molecule has 0 radical (unpaired) electrons. The lowest BCUT2D eigenvalue weighted by molar-refractivity contribution is 0.317. The van der Waals surface area contributed by atoms with E-state index in [1.165, 1.54) is 0 Å². The molecule has 18 heavy (non-hydrogen) atoms. The Bertz CT molecular complexity index is 469. The maximum Gasteiger partial charge on any atom is 0.293 e. The molecule has 7 heteroatoms. The van der Waals surface area contributed by atoms with Crippen molar-refractivity contribution < 1.29 is 5.21 Å². The standard InChI is InChI=1S/C11H19N5O2/c1-3-15(7-5-9(12)14-18)10-11(17)16(4-2)8-6-13-10/h6,8,18H,3-5,7H2,1-2H3,(H2,12,14). The van der Waals surface area contributed by atoms with Gasteiger partial charge in [-0.1, -0.05) is 5.16 Å². The van der Waals surface area contributed by atoms with Gasteiger partial charge < -0.3 is 20.4 Å². The molecule has 0 aliphatic carbocycles. The zero-order valence-corrected chi connectivity index (χ0v) is 10.7. The molecular formula is C11H19N5O2. The van der Waals surface area contributed by atoms with Gasteiger partial charge in [-0.2, -0.15) is 0 Å². The average Bonchev–Trinajstić information content (AvgIpc) is 2.40. The van der Waals surface area contributed by atoms with Gasteiger partial charge in [-0.15, -0.1) is 0 Å². The minimum atomic E-state index is -0.124. The lowest BCUT2D eigenvalue weighted by Crippen LogP contribution is -2.35. The second kappa shape index (κ2) is 6.63. The molecule has 0 amide bonds. The van der Waals surface area contributed by atoms with Gasteiger partial charge in [0.05, 0.1) is 0 Å². The van der Waals surface area contributed by atoms with Crippen LogP contribution < -0.4 is 16.2 Å². The number of amidine groups is 1. The lowest BCUT2D eigenvalue weighted by atomic mass is 10.3. The molecule has 0 bridgehead atoms. The third-order valence-electron chi connectivity index (χ3n) is 2.68. The summed E-state index contributed by atoms with van der Waals surface area (Å²) in [5, 5.41) is 11.4. The second-order valence-corrected chi connectivity index (χ2v) is 3.76. The van der Waals surface area contributed by atoms with Crippen LogP contribution in [0.15, 0.2) is 22.3 Å². The van der Waals surface area contributed by atoms with Crippen LogP contribution in [0.2, 0.25) is 0 Å². The fourth-order valence-corrected chi connectivity index (χ4v) is 1.61. The number of rotatable bonds is 6. The Morgan fingerprint density at radius 3 is 2.89 bits per heavy atom. The van der Waals surface area contributed by atoms with Crippen molar-refractivity contribution in [1.29, 1.82) is 0 Å². The van der Waals surface area contributed by atoms with Crippen LogP contribution in [-0.2, 0) is 6.54 Å². The minimum Gasteiger partial charge on any atom is -0.409 e. The summed E-state index contributed by atoms with van der Waals surface area (Å²) in [7, 11) is 0. The van der Waals surface area contributed by atoms with Gasteiger partial charge >= 0.3 is 0 Å². The van der Waals surface area contributed by atoms with Crippen LogP contribution in [0.1, 0.15) is 20.3 Å². The highest BCUT2D eigenvalue weighted by Gasteiger charge is 2.12. The highest BCUT2D eigenvalue weighted by Crippen LogP contribution is 2.04. The Hall–Kier alpha value is -2.05. The third-order valence-corrected chi connectivity index (χ3v) is 2.68. The highest BCUT2D eigenvalue weighted by molar-refractivity contribution is 5.80. The summed E-state index contributed by atoms with van der Waals surface area (Å²) in [5.74, 6) is 0.535. The molecule has 1 aromatic rings. The van der Waals surface area contributed by atoms with Crippen molar-refractivity contribution in [3.05, 3.63) is 22.7 Å². The molecule has 3 N–H and O–H groups in total.